The monoisotopic (exact) mass is 242 g/mol. The molecule has 0 aliphatic carbocycles. The van der Waals surface area contributed by atoms with E-state index in [-0.39, 0.29) is 6.04 Å². The zero-order valence-corrected chi connectivity index (χ0v) is 10.8. The molecule has 3 heteroatoms. The number of rotatable bonds is 4. The van der Waals surface area contributed by atoms with Gasteiger partial charge in [-0.1, -0.05) is 19.1 Å². The van der Waals surface area contributed by atoms with Gasteiger partial charge in [0.05, 0.1) is 0 Å². The third kappa shape index (κ3) is 3.08. The number of pyridine rings is 1. The van der Waals surface area contributed by atoms with Gasteiger partial charge in [0.2, 0.25) is 5.88 Å². The number of hydrogen-bond donors (Lipinski definition) is 1. The van der Waals surface area contributed by atoms with Crippen molar-refractivity contribution in [1.29, 1.82) is 0 Å². The number of ether oxygens (including phenoxy) is 1. The van der Waals surface area contributed by atoms with Crippen molar-refractivity contribution in [3.63, 3.8) is 0 Å². The number of aryl methyl sites for hydroxylation is 1. The van der Waals surface area contributed by atoms with Crippen molar-refractivity contribution in [2.24, 2.45) is 5.73 Å². The molecule has 3 nitrogen and oxygen atoms in total. The van der Waals surface area contributed by atoms with Gasteiger partial charge in [0, 0.05) is 18.3 Å². The highest BCUT2D eigenvalue weighted by Gasteiger charge is 2.03. The Kier molecular flexibility index (Phi) is 3.95. The van der Waals surface area contributed by atoms with E-state index in [2.05, 4.69) is 24.0 Å². The molecule has 0 bridgehead atoms. The minimum Gasteiger partial charge on any atom is -0.439 e. The topological polar surface area (TPSA) is 48.1 Å². The lowest BCUT2D eigenvalue weighted by Gasteiger charge is -2.09. The Bertz CT molecular complexity index is 506. The summed E-state index contributed by atoms with van der Waals surface area (Å²) in [7, 11) is 0. The maximum absolute atomic E-state index is 5.83. The minimum atomic E-state index is -0.0159. The second kappa shape index (κ2) is 5.65. The average molecular weight is 242 g/mol. The van der Waals surface area contributed by atoms with Crippen molar-refractivity contribution >= 4 is 0 Å². The van der Waals surface area contributed by atoms with Crippen LogP contribution in [0.15, 0.2) is 42.6 Å². The minimum absolute atomic E-state index is 0.0159. The van der Waals surface area contributed by atoms with E-state index in [0.717, 1.165) is 17.7 Å². The standard InChI is InChI=1S/C15H18N2O/c1-3-12-4-6-14(7-5-12)18-15-10-13(11(2)16)8-9-17-15/h4-11H,3,16H2,1-2H3/t11-/m1/s1. The summed E-state index contributed by atoms with van der Waals surface area (Å²) in [6.07, 6.45) is 2.74. The molecule has 0 spiro atoms. The Morgan fingerprint density at radius 1 is 1.22 bits per heavy atom. The van der Waals surface area contributed by atoms with Crippen LogP contribution >= 0.6 is 0 Å². The molecule has 0 radical (unpaired) electrons. The summed E-state index contributed by atoms with van der Waals surface area (Å²) in [6.45, 7) is 4.07. The van der Waals surface area contributed by atoms with Crippen molar-refractivity contribution < 1.29 is 4.74 Å². The van der Waals surface area contributed by atoms with Crippen LogP contribution in [0.5, 0.6) is 11.6 Å². The zero-order chi connectivity index (χ0) is 13.0. The van der Waals surface area contributed by atoms with E-state index in [1.54, 1.807) is 6.20 Å². The first-order chi connectivity index (χ1) is 8.69. The summed E-state index contributed by atoms with van der Waals surface area (Å²) in [6, 6.07) is 11.8. The number of nitrogens with zero attached hydrogens (tertiary/aromatic N) is 1. The number of aromatic nitrogens is 1. The number of benzene rings is 1. The molecule has 94 valence electrons. The van der Waals surface area contributed by atoms with Crippen LogP contribution in [0.2, 0.25) is 0 Å². The maximum Gasteiger partial charge on any atom is 0.219 e. The molecule has 0 saturated carbocycles. The first kappa shape index (κ1) is 12.6. The Hall–Kier alpha value is -1.87. The highest BCUT2D eigenvalue weighted by molar-refractivity contribution is 5.32. The molecule has 18 heavy (non-hydrogen) atoms. The van der Waals surface area contributed by atoms with E-state index < -0.39 is 0 Å². The van der Waals surface area contributed by atoms with Gasteiger partial charge in [-0.25, -0.2) is 4.98 Å². The van der Waals surface area contributed by atoms with E-state index in [1.165, 1.54) is 5.56 Å². The predicted molar refractivity (Wildman–Crippen MR) is 72.7 cm³/mol. The summed E-state index contributed by atoms with van der Waals surface area (Å²) in [5, 5.41) is 0. The normalized spacial score (nSPS) is 12.2. The van der Waals surface area contributed by atoms with Crippen molar-refractivity contribution in [1.82, 2.24) is 4.98 Å². The van der Waals surface area contributed by atoms with Gasteiger partial charge in [-0.15, -0.1) is 0 Å². The summed E-state index contributed by atoms with van der Waals surface area (Å²) >= 11 is 0. The Balaban J connectivity index is 2.15. The highest BCUT2D eigenvalue weighted by atomic mass is 16.5. The van der Waals surface area contributed by atoms with Crippen LogP contribution in [-0.4, -0.2) is 4.98 Å². The first-order valence-electron chi connectivity index (χ1n) is 6.17. The molecule has 0 saturated heterocycles. The smallest absolute Gasteiger partial charge is 0.219 e. The number of hydrogen-bond acceptors (Lipinski definition) is 3. The molecule has 0 aliphatic rings. The lowest BCUT2D eigenvalue weighted by atomic mass is 10.1. The molecule has 0 aliphatic heterocycles. The van der Waals surface area contributed by atoms with Crippen molar-refractivity contribution in [2.45, 2.75) is 26.3 Å². The predicted octanol–water partition coefficient (Wildman–Crippen LogP) is 3.46. The third-order valence-corrected chi connectivity index (χ3v) is 2.84. The van der Waals surface area contributed by atoms with E-state index >= 15 is 0 Å². The van der Waals surface area contributed by atoms with Gasteiger partial charge in [0.1, 0.15) is 5.75 Å². The Morgan fingerprint density at radius 3 is 2.56 bits per heavy atom. The fourth-order valence-corrected chi connectivity index (χ4v) is 1.68. The second-order valence-corrected chi connectivity index (χ2v) is 4.32. The van der Waals surface area contributed by atoms with Crippen LogP contribution in [0.1, 0.15) is 31.0 Å². The van der Waals surface area contributed by atoms with Gasteiger partial charge in [-0.05, 0) is 42.7 Å². The quantitative estimate of drug-likeness (QED) is 0.893. The molecular weight excluding hydrogens is 224 g/mol. The Labute approximate surface area is 108 Å². The second-order valence-electron chi connectivity index (χ2n) is 4.32. The van der Waals surface area contributed by atoms with Gasteiger partial charge in [-0.2, -0.15) is 0 Å². The van der Waals surface area contributed by atoms with Crippen LogP contribution in [-0.2, 0) is 6.42 Å². The van der Waals surface area contributed by atoms with Crippen LogP contribution in [0, 0.1) is 0 Å². The SMILES string of the molecule is CCc1ccc(Oc2cc([C@@H](C)N)ccn2)cc1. The highest BCUT2D eigenvalue weighted by Crippen LogP contribution is 2.22. The van der Waals surface area contributed by atoms with Gasteiger partial charge >= 0.3 is 0 Å². The molecule has 0 amide bonds. The summed E-state index contributed by atoms with van der Waals surface area (Å²) in [5.41, 5.74) is 8.14. The largest absolute Gasteiger partial charge is 0.439 e. The summed E-state index contributed by atoms with van der Waals surface area (Å²) in [4.78, 5) is 4.18. The maximum atomic E-state index is 5.83. The van der Waals surface area contributed by atoms with Crippen LogP contribution in [0.4, 0.5) is 0 Å². The van der Waals surface area contributed by atoms with E-state index in [9.17, 15) is 0 Å². The van der Waals surface area contributed by atoms with Gasteiger partial charge in [0.25, 0.3) is 0 Å². The van der Waals surface area contributed by atoms with Crippen LogP contribution in [0.25, 0.3) is 0 Å². The van der Waals surface area contributed by atoms with Crippen molar-refractivity contribution in [3.05, 3.63) is 53.7 Å². The molecule has 1 aromatic carbocycles. The van der Waals surface area contributed by atoms with Crippen LogP contribution in [0.3, 0.4) is 0 Å². The van der Waals surface area contributed by atoms with E-state index in [0.29, 0.717) is 5.88 Å². The number of nitrogens with two attached hydrogens (primary N) is 1. The lowest BCUT2D eigenvalue weighted by molar-refractivity contribution is 0.461. The van der Waals surface area contributed by atoms with Gasteiger partial charge < -0.3 is 10.5 Å². The molecule has 2 rings (SSSR count). The zero-order valence-electron chi connectivity index (χ0n) is 10.8. The molecule has 1 heterocycles. The molecule has 0 fully saturated rings. The summed E-state index contributed by atoms with van der Waals surface area (Å²) in [5.74, 6) is 1.37. The van der Waals surface area contributed by atoms with Crippen molar-refractivity contribution in [3.8, 4) is 11.6 Å². The van der Waals surface area contributed by atoms with Gasteiger partial charge in [-0.3, -0.25) is 0 Å². The summed E-state index contributed by atoms with van der Waals surface area (Å²) < 4.78 is 5.70. The molecule has 2 N–H and O–H groups in total. The van der Waals surface area contributed by atoms with E-state index in [4.69, 9.17) is 10.5 Å². The third-order valence-electron chi connectivity index (χ3n) is 2.84. The molecule has 2 aromatic rings. The lowest BCUT2D eigenvalue weighted by Crippen LogP contribution is -2.05. The van der Waals surface area contributed by atoms with E-state index in [1.807, 2.05) is 31.2 Å². The Morgan fingerprint density at radius 2 is 1.94 bits per heavy atom. The molecule has 1 atom stereocenters. The molecule has 1 aromatic heterocycles. The fourth-order valence-electron chi connectivity index (χ4n) is 1.68. The molecular formula is C15H18N2O. The van der Waals surface area contributed by atoms with Crippen molar-refractivity contribution in [2.75, 3.05) is 0 Å². The first-order valence-corrected chi connectivity index (χ1v) is 6.17. The molecule has 0 unspecified atom stereocenters. The van der Waals surface area contributed by atoms with Gasteiger partial charge in [0.15, 0.2) is 0 Å². The average Bonchev–Trinajstić information content (AvgIpc) is 2.40. The fraction of sp³-hybridized carbons (Fsp3) is 0.267. The van der Waals surface area contributed by atoms with Crippen LogP contribution < -0.4 is 10.5 Å².